The van der Waals surface area contributed by atoms with E-state index in [-0.39, 0.29) is 18.0 Å². The minimum Gasteiger partial charge on any atom is -0.340 e. The molecule has 0 radical (unpaired) electrons. The minimum absolute atomic E-state index is 0.112. The first kappa shape index (κ1) is 18.8. The van der Waals surface area contributed by atoms with Crippen molar-refractivity contribution in [1.82, 2.24) is 19.5 Å². The predicted molar refractivity (Wildman–Crippen MR) is 117 cm³/mol. The fourth-order valence-electron chi connectivity index (χ4n) is 4.43. The third kappa shape index (κ3) is 2.96. The molecule has 2 aromatic heterocycles. The maximum absolute atomic E-state index is 13.0. The molecule has 7 heteroatoms. The highest BCUT2D eigenvalue weighted by Gasteiger charge is 2.43. The Hall–Kier alpha value is -3.22. The summed E-state index contributed by atoms with van der Waals surface area (Å²) in [7, 11) is 1.82. The Balaban J connectivity index is 1.63. The average Bonchev–Trinajstić information content (AvgIpc) is 3.52. The van der Waals surface area contributed by atoms with Crippen LogP contribution in [0.4, 0.5) is 11.5 Å². The molecule has 3 aromatic rings. The van der Waals surface area contributed by atoms with Gasteiger partial charge in [0.15, 0.2) is 5.82 Å². The Labute approximate surface area is 176 Å². The number of hydrogen-bond acceptors (Lipinski definition) is 5. The number of benzene rings is 1. The van der Waals surface area contributed by atoms with E-state index in [0.717, 1.165) is 29.3 Å². The molecular formula is C23H26N6O. The molecule has 30 heavy (non-hydrogen) atoms. The van der Waals surface area contributed by atoms with E-state index in [2.05, 4.69) is 28.7 Å². The zero-order chi connectivity index (χ0) is 20.8. The lowest BCUT2D eigenvalue weighted by Crippen LogP contribution is -2.56. The number of fused-ring (bicyclic) bond motifs is 1. The molecule has 1 amide bonds. The van der Waals surface area contributed by atoms with Crippen molar-refractivity contribution in [3.05, 3.63) is 48.9 Å². The molecule has 3 heterocycles. The second-order valence-electron chi connectivity index (χ2n) is 8.17. The van der Waals surface area contributed by atoms with E-state index < -0.39 is 0 Å². The zero-order valence-corrected chi connectivity index (χ0v) is 17.6. The average molecular weight is 403 g/mol. The summed E-state index contributed by atoms with van der Waals surface area (Å²) in [6, 6.07) is 10.1. The van der Waals surface area contributed by atoms with Crippen LogP contribution in [0, 0.1) is 5.92 Å². The normalized spacial score (nSPS) is 19.7. The molecule has 1 saturated carbocycles. The van der Waals surface area contributed by atoms with E-state index in [1.807, 2.05) is 48.1 Å². The highest BCUT2D eigenvalue weighted by atomic mass is 16.2. The molecule has 5 rings (SSSR count). The van der Waals surface area contributed by atoms with E-state index in [9.17, 15) is 4.79 Å². The number of likely N-dealkylation sites (N-methyl/N-ethyl adjacent to an activating group) is 1. The van der Waals surface area contributed by atoms with Gasteiger partial charge in [0.25, 0.3) is 0 Å². The Morgan fingerprint density at radius 2 is 1.93 bits per heavy atom. The van der Waals surface area contributed by atoms with Gasteiger partial charge >= 0.3 is 0 Å². The van der Waals surface area contributed by atoms with Crippen LogP contribution in [0.15, 0.2) is 48.9 Å². The molecule has 1 fully saturated rings. The van der Waals surface area contributed by atoms with Crippen LogP contribution in [0.1, 0.15) is 33.1 Å². The lowest BCUT2D eigenvalue weighted by molar-refractivity contribution is -0.120. The predicted octanol–water partition coefficient (Wildman–Crippen LogP) is 3.69. The first-order valence-corrected chi connectivity index (χ1v) is 10.6. The van der Waals surface area contributed by atoms with Crippen LogP contribution in [0.25, 0.3) is 17.3 Å². The third-order valence-electron chi connectivity index (χ3n) is 6.31. The molecule has 0 saturated heterocycles. The summed E-state index contributed by atoms with van der Waals surface area (Å²) in [5, 5.41) is 0. The fraction of sp³-hybridized carbons (Fsp3) is 0.391. The summed E-state index contributed by atoms with van der Waals surface area (Å²) in [5.74, 6) is 2.93. The number of anilines is 2. The van der Waals surface area contributed by atoms with Crippen molar-refractivity contribution in [1.29, 1.82) is 0 Å². The van der Waals surface area contributed by atoms with Crippen molar-refractivity contribution in [3.63, 3.8) is 0 Å². The maximum Gasteiger partial charge on any atom is 0.249 e. The first-order chi connectivity index (χ1) is 14.6. The SMILES string of the molecule is CC[C@@H]1C(=O)N(C)c2cnc(-n3ccnc3-c3ccccc3)nc2N1C(C)C1CC1. The molecule has 7 nitrogen and oxygen atoms in total. The standard InChI is InChI=1S/C23H26N6O/c1-4-18-22(30)27(3)19-14-25-23(26-21(19)29(18)15(2)16-10-11-16)28-13-12-24-20(28)17-8-6-5-7-9-17/h5-9,12-16,18H,4,10-11H2,1-3H3/t15?,18-/m1/s1. The number of amides is 1. The first-order valence-electron chi connectivity index (χ1n) is 10.6. The van der Waals surface area contributed by atoms with Gasteiger partial charge in [-0.15, -0.1) is 0 Å². The van der Waals surface area contributed by atoms with Crippen LogP contribution in [-0.4, -0.2) is 44.6 Å². The number of carbonyl (C=O) groups excluding carboxylic acids is 1. The number of rotatable bonds is 5. The van der Waals surface area contributed by atoms with Crippen LogP contribution in [-0.2, 0) is 4.79 Å². The van der Waals surface area contributed by atoms with E-state index >= 15 is 0 Å². The van der Waals surface area contributed by atoms with Crippen LogP contribution in [0.5, 0.6) is 0 Å². The number of carbonyl (C=O) groups is 1. The van der Waals surface area contributed by atoms with E-state index in [0.29, 0.717) is 11.9 Å². The Morgan fingerprint density at radius 1 is 1.17 bits per heavy atom. The Bertz CT molecular complexity index is 1070. The van der Waals surface area contributed by atoms with Gasteiger partial charge in [-0.3, -0.25) is 9.36 Å². The topological polar surface area (TPSA) is 67.2 Å². The third-order valence-corrected chi connectivity index (χ3v) is 6.31. The van der Waals surface area contributed by atoms with Crippen LogP contribution < -0.4 is 9.80 Å². The Morgan fingerprint density at radius 3 is 2.63 bits per heavy atom. The van der Waals surface area contributed by atoms with Gasteiger partial charge in [0, 0.05) is 31.0 Å². The van der Waals surface area contributed by atoms with Gasteiger partial charge in [-0.25, -0.2) is 9.97 Å². The second kappa shape index (κ2) is 7.23. The Kier molecular flexibility index (Phi) is 4.53. The molecule has 154 valence electrons. The summed E-state index contributed by atoms with van der Waals surface area (Å²) in [6.45, 7) is 4.29. The fourth-order valence-corrected chi connectivity index (χ4v) is 4.43. The highest BCUT2D eigenvalue weighted by molar-refractivity contribution is 6.04. The molecular weight excluding hydrogens is 376 g/mol. The molecule has 2 atom stereocenters. The monoisotopic (exact) mass is 402 g/mol. The zero-order valence-electron chi connectivity index (χ0n) is 17.6. The van der Waals surface area contributed by atoms with Crippen molar-refractivity contribution < 1.29 is 4.79 Å². The largest absolute Gasteiger partial charge is 0.340 e. The van der Waals surface area contributed by atoms with Crippen LogP contribution in [0.2, 0.25) is 0 Å². The highest BCUT2D eigenvalue weighted by Crippen LogP contribution is 2.42. The molecule has 1 unspecified atom stereocenters. The van der Waals surface area contributed by atoms with Crippen molar-refractivity contribution in [2.24, 2.45) is 5.92 Å². The summed E-state index contributed by atoms with van der Waals surface area (Å²) < 4.78 is 1.91. The molecule has 2 aliphatic rings. The summed E-state index contributed by atoms with van der Waals surface area (Å²) in [6.07, 6.45) is 8.59. The van der Waals surface area contributed by atoms with Crippen molar-refractivity contribution >= 4 is 17.4 Å². The van der Waals surface area contributed by atoms with E-state index in [1.54, 1.807) is 17.3 Å². The molecule has 1 aliphatic carbocycles. The van der Waals surface area contributed by atoms with Crippen LogP contribution in [0.3, 0.4) is 0 Å². The lowest BCUT2D eigenvalue weighted by atomic mass is 10.0. The number of aromatic nitrogens is 4. The van der Waals surface area contributed by atoms with Gasteiger partial charge in [-0.1, -0.05) is 37.3 Å². The van der Waals surface area contributed by atoms with Gasteiger partial charge in [-0.2, -0.15) is 4.98 Å². The summed E-state index contributed by atoms with van der Waals surface area (Å²) in [4.78, 5) is 31.1. The summed E-state index contributed by atoms with van der Waals surface area (Å²) >= 11 is 0. The minimum atomic E-state index is -0.197. The van der Waals surface area contributed by atoms with Gasteiger partial charge in [0.05, 0.1) is 6.20 Å². The van der Waals surface area contributed by atoms with Gasteiger partial charge in [0.1, 0.15) is 17.6 Å². The smallest absolute Gasteiger partial charge is 0.249 e. The summed E-state index contributed by atoms with van der Waals surface area (Å²) in [5.41, 5.74) is 1.77. The molecule has 0 bridgehead atoms. The van der Waals surface area contributed by atoms with Crippen LogP contribution >= 0.6 is 0 Å². The lowest BCUT2D eigenvalue weighted by Gasteiger charge is -2.43. The van der Waals surface area contributed by atoms with Crippen molar-refractivity contribution in [3.8, 4) is 17.3 Å². The molecule has 0 N–H and O–H groups in total. The van der Waals surface area contributed by atoms with E-state index in [1.165, 1.54) is 12.8 Å². The quantitative estimate of drug-likeness (QED) is 0.651. The molecule has 1 aromatic carbocycles. The van der Waals surface area contributed by atoms with Gasteiger partial charge in [-0.05, 0) is 32.1 Å². The maximum atomic E-state index is 13.0. The van der Waals surface area contributed by atoms with Crippen molar-refractivity contribution in [2.45, 2.75) is 45.2 Å². The second-order valence-corrected chi connectivity index (χ2v) is 8.17. The van der Waals surface area contributed by atoms with Gasteiger partial charge < -0.3 is 9.80 Å². The number of hydrogen-bond donors (Lipinski definition) is 0. The van der Waals surface area contributed by atoms with Crippen molar-refractivity contribution in [2.75, 3.05) is 16.8 Å². The van der Waals surface area contributed by atoms with Gasteiger partial charge in [0.2, 0.25) is 11.9 Å². The molecule has 0 spiro atoms. The van der Waals surface area contributed by atoms with E-state index in [4.69, 9.17) is 4.98 Å². The molecule has 1 aliphatic heterocycles. The number of nitrogens with zero attached hydrogens (tertiary/aromatic N) is 6. The number of imidazole rings is 1.